The average molecular weight is 177 g/mol. The minimum absolute atomic E-state index is 0.0152. The van der Waals surface area contributed by atoms with Crippen molar-refractivity contribution in [2.45, 2.75) is 13.0 Å². The first-order valence-corrected chi connectivity index (χ1v) is 4.00. The van der Waals surface area contributed by atoms with E-state index in [1.165, 1.54) is 0 Å². The Labute approximate surface area is 77.2 Å². The van der Waals surface area contributed by atoms with Crippen LogP contribution in [0, 0.1) is 18.3 Å². The second kappa shape index (κ2) is 4.48. The lowest BCUT2D eigenvalue weighted by molar-refractivity contribution is 0.149. The number of hydrogen-bond acceptors (Lipinski definition) is 3. The van der Waals surface area contributed by atoms with Gasteiger partial charge in [-0.2, -0.15) is 5.26 Å². The zero-order valence-electron chi connectivity index (χ0n) is 7.40. The molecule has 0 fully saturated rings. The topological polar surface area (TPSA) is 53.2 Å². The molecule has 1 N–H and O–H groups in total. The van der Waals surface area contributed by atoms with Crippen molar-refractivity contribution in [2.75, 3.05) is 6.61 Å². The molecule has 0 aliphatic heterocycles. The van der Waals surface area contributed by atoms with Gasteiger partial charge in [-0.05, 0) is 18.6 Å². The van der Waals surface area contributed by atoms with Crippen LogP contribution in [-0.4, -0.2) is 17.8 Å². The molecule has 3 nitrogen and oxygen atoms in total. The molecule has 0 aliphatic carbocycles. The molecule has 0 amide bonds. The number of para-hydroxylation sites is 1. The van der Waals surface area contributed by atoms with Crippen molar-refractivity contribution in [2.24, 2.45) is 0 Å². The molecule has 1 aromatic carbocycles. The van der Waals surface area contributed by atoms with E-state index in [1.807, 2.05) is 25.1 Å². The Morgan fingerprint density at radius 1 is 1.54 bits per heavy atom. The highest BCUT2D eigenvalue weighted by molar-refractivity contribution is 5.31. The summed E-state index contributed by atoms with van der Waals surface area (Å²) in [7, 11) is 0. The smallest absolute Gasteiger partial charge is 0.174 e. The molecule has 13 heavy (non-hydrogen) atoms. The maximum absolute atomic E-state index is 8.92. The highest BCUT2D eigenvalue weighted by atomic mass is 16.5. The summed E-state index contributed by atoms with van der Waals surface area (Å²) >= 11 is 0. The van der Waals surface area contributed by atoms with Crippen LogP contribution in [0.5, 0.6) is 5.75 Å². The first kappa shape index (κ1) is 9.56. The lowest BCUT2D eigenvalue weighted by Crippen LogP contribution is -2.15. The summed E-state index contributed by atoms with van der Waals surface area (Å²) in [4.78, 5) is 0. The van der Waals surface area contributed by atoms with Gasteiger partial charge in [0.05, 0.1) is 6.07 Å². The fourth-order valence-electron chi connectivity index (χ4n) is 0.924. The Bertz CT molecular complexity index is 317. The van der Waals surface area contributed by atoms with E-state index in [1.54, 1.807) is 12.1 Å². The molecule has 3 heteroatoms. The SMILES string of the molecule is Cc1ccccc1OCC(O)C#N. The third kappa shape index (κ3) is 2.77. The molecule has 1 atom stereocenters. The van der Waals surface area contributed by atoms with Gasteiger partial charge in [-0.15, -0.1) is 0 Å². The highest BCUT2D eigenvalue weighted by Crippen LogP contribution is 2.15. The molecule has 0 aliphatic rings. The third-order valence-electron chi connectivity index (χ3n) is 1.64. The van der Waals surface area contributed by atoms with Crippen LogP contribution >= 0.6 is 0 Å². The predicted octanol–water partition coefficient (Wildman–Crippen LogP) is 1.26. The van der Waals surface area contributed by atoms with E-state index in [9.17, 15) is 0 Å². The average Bonchev–Trinajstić information content (AvgIpc) is 2.16. The van der Waals surface area contributed by atoms with Gasteiger partial charge in [0.1, 0.15) is 12.4 Å². The summed E-state index contributed by atoms with van der Waals surface area (Å²) < 4.78 is 5.22. The zero-order chi connectivity index (χ0) is 9.68. The van der Waals surface area contributed by atoms with Crippen molar-refractivity contribution in [1.82, 2.24) is 0 Å². The van der Waals surface area contributed by atoms with Crippen molar-refractivity contribution in [3.05, 3.63) is 29.8 Å². The summed E-state index contributed by atoms with van der Waals surface area (Å²) in [5, 5.41) is 17.2. The van der Waals surface area contributed by atoms with Crippen molar-refractivity contribution in [3.63, 3.8) is 0 Å². The zero-order valence-corrected chi connectivity index (χ0v) is 7.40. The van der Waals surface area contributed by atoms with Crippen molar-refractivity contribution >= 4 is 0 Å². The van der Waals surface area contributed by atoms with Crippen LogP contribution < -0.4 is 4.74 Å². The van der Waals surface area contributed by atoms with Gasteiger partial charge in [-0.3, -0.25) is 0 Å². The quantitative estimate of drug-likeness (QED) is 0.707. The number of nitriles is 1. The molecular formula is C10H11NO2. The standard InChI is InChI=1S/C10H11NO2/c1-8-4-2-3-5-10(8)13-7-9(12)6-11/h2-5,9,12H,7H2,1H3. The fraction of sp³-hybridized carbons (Fsp3) is 0.300. The molecule has 0 saturated carbocycles. The molecule has 0 heterocycles. The van der Waals surface area contributed by atoms with Crippen molar-refractivity contribution < 1.29 is 9.84 Å². The second-order valence-corrected chi connectivity index (χ2v) is 2.72. The Morgan fingerprint density at radius 3 is 2.85 bits per heavy atom. The molecular weight excluding hydrogens is 166 g/mol. The predicted molar refractivity (Wildman–Crippen MR) is 48.3 cm³/mol. The maximum Gasteiger partial charge on any atom is 0.174 e. The van der Waals surface area contributed by atoms with Crippen molar-refractivity contribution in [1.29, 1.82) is 5.26 Å². The van der Waals surface area contributed by atoms with Gasteiger partial charge in [0.25, 0.3) is 0 Å². The Hall–Kier alpha value is -1.53. The van der Waals surface area contributed by atoms with Crippen LogP contribution in [0.1, 0.15) is 5.56 Å². The Morgan fingerprint density at radius 2 is 2.23 bits per heavy atom. The van der Waals surface area contributed by atoms with Crippen molar-refractivity contribution in [3.8, 4) is 11.8 Å². The van der Waals surface area contributed by atoms with Crippen LogP contribution in [0.15, 0.2) is 24.3 Å². The Balaban J connectivity index is 2.56. The van der Waals surface area contributed by atoms with E-state index in [4.69, 9.17) is 15.1 Å². The molecule has 0 saturated heterocycles. The van der Waals surface area contributed by atoms with E-state index in [0.717, 1.165) is 5.56 Å². The van der Waals surface area contributed by atoms with E-state index in [2.05, 4.69) is 0 Å². The van der Waals surface area contributed by atoms with Gasteiger partial charge < -0.3 is 9.84 Å². The number of aryl methyl sites for hydroxylation is 1. The van der Waals surface area contributed by atoms with Gasteiger partial charge in [-0.25, -0.2) is 0 Å². The van der Waals surface area contributed by atoms with Gasteiger partial charge in [0.2, 0.25) is 0 Å². The van der Waals surface area contributed by atoms with E-state index < -0.39 is 6.10 Å². The minimum Gasteiger partial charge on any atom is -0.489 e. The summed E-state index contributed by atoms with van der Waals surface area (Å²) in [6, 6.07) is 9.15. The van der Waals surface area contributed by atoms with Crippen LogP contribution in [0.2, 0.25) is 0 Å². The second-order valence-electron chi connectivity index (χ2n) is 2.72. The molecule has 1 aromatic rings. The number of ether oxygens (including phenoxy) is 1. The molecule has 0 bridgehead atoms. The third-order valence-corrected chi connectivity index (χ3v) is 1.64. The minimum atomic E-state index is -1.06. The summed E-state index contributed by atoms with van der Waals surface area (Å²) in [5.74, 6) is 0.705. The number of aliphatic hydroxyl groups is 1. The number of benzene rings is 1. The van der Waals surface area contributed by atoms with Crippen LogP contribution in [0.25, 0.3) is 0 Å². The first-order chi connectivity index (χ1) is 6.24. The lowest BCUT2D eigenvalue weighted by Gasteiger charge is -2.08. The van der Waals surface area contributed by atoms with Gasteiger partial charge in [-0.1, -0.05) is 18.2 Å². The monoisotopic (exact) mass is 177 g/mol. The largest absolute Gasteiger partial charge is 0.489 e. The maximum atomic E-state index is 8.92. The fourth-order valence-corrected chi connectivity index (χ4v) is 0.924. The number of hydrogen-bond donors (Lipinski definition) is 1. The first-order valence-electron chi connectivity index (χ1n) is 4.00. The summed E-state index contributed by atoms with van der Waals surface area (Å²) in [5.41, 5.74) is 0.993. The Kier molecular flexibility index (Phi) is 3.30. The molecule has 0 spiro atoms. The molecule has 1 unspecified atom stereocenters. The molecule has 0 radical (unpaired) electrons. The normalized spacial score (nSPS) is 11.8. The number of aliphatic hydroxyl groups excluding tert-OH is 1. The van der Waals surface area contributed by atoms with Crippen LogP contribution in [-0.2, 0) is 0 Å². The lowest BCUT2D eigenvalue weighted by atomic mass is 10.2. The molecule has 0 aromatic heterocycles. The van der Waals surface area contributed by atoms with E-state index >= 15 is 0 Å². The molecule has 1 rings (SSSR count). The van der Waals surface area contributed by atoms with Gasteiger partial charge in [0.15, 0.2) is 6.10 Å². The van der Waals surface area contributed by atoms with Gasteiger partial charge in [0, 0.05) is 0 Å². The molecule has 68 valence electrons. The van der Waals surface area contributed by atoms with E-state index in [-0.39, 0.29) is 6.61 Å². The number of rotatable bonds is 3. The summed E-state index contributed by atoms with van der Waals surface area (Å²) in [6.07, 6.45) is -1.06. The summed E-state index contributed by atoms with van der Waals surface area (Å²) in [6.45, 7) is 1.93. The van der Waals surface area contributed by atoms with Crippen LogP contribution in [0.4, 0.5) is 0 Å². The van der Waals surface area contributed by atoms with E-state index in [0.29, 0.717) is 5.75 Å². The van der Waals surface area contributed by atoms with Crippen LogP contribution in [0.3, 0.4) is 0 Å². The van der Waals surface area contributed by atoms with Gasteiger partial charge >= 0.3 is 0 Å². The highest BCUT2D eigenvalue weighted by Gasteiger charge is 2.03. The number of nitrogens with zero attached hydrogens (tertiary/aromatic N) is 1.